The molecule has 2 aliphatic carbocycles. The van der Waals surface area contributed by atoms with Crippen LogP contribution in [0.2, 0.25) is 0 Å². The smallest absolute Gasteiger partial charge is 0.250 e. The third-order valence-corrected chi connectivity index (χ3v) is 7.58. The SMILES string of the molecule is CCOc1ccc([C@@H]2C(=O)N(C3CCCCCC3)CC(=O)N2CCC2=CCCCC2)cc1OC. The van der Waals surface area contributed by atoms with Crippen LogP contribution in [0.1, 0.15) is 89.2 Å². The summed E-state index contributed by atoms with van der Waals surface area (Å²) in [6, 6.07) is 5.21. The molecule has 2 amide bonds. The first-order chi connectivity index (χ1) is 16.6. The Labute approximate surface area is 204 Å². The molecule has 1 saturated carbocycles. The van der Waals surface area contributed by atoms with Gasteiger partial charge in [0.2, 0.25) is 5.91 Å². The molecule has 0 unspecified atom stereocenters. The van der Waals surface area contributed by atoms with Crippen LogP contribution in [0.15, 0.2) is 29.8 Å². The Hall–Kier alpha value is -2.50. The summed E-state index contributed by atoms with van der Waals surface area (Å²) >= 11 is 0. The van der Waals surface area contributed by atoms with Gasteiger partial charge in [0.05, 0.1) is 13.7 Å². The van der Waals surface area contributed by atoms with E-state index in [1.54, 1.807) is 7.11 Å². The van der Waals surface area contributed by atoms with Crippen molar-refractivity contribution in [3.63, 3.8) is 0 Å². The van der Waals surface area contributed by atoms with E-state index in [-0.39, 0.29) is 24.4 Å². The van der Waals surface area contributed by atoms with Crippen LogP contribution in [0.3, 0.4) is 0 Å². The summed E-state index contributed by atoms with van der Waals surface area (Å²) in [6.45, 7) is 3.25. The summed E-state index contributed by atoms with van der Waals surface area (Å²) in [5, 5.41) is 0. The van der Waals surface area contributed by atoms with Crippen LogP contribution in [-0.4, -0.2) is 54.5 Å². The lowest BCUT2D eigenvalue weighted by Crippen LogP contribution is -2.58. The summed E-state index contributed by atoms with van der Waals surface area (Å²) in [5.74, 6) is 1.36. The monoisotopic (exact) mass is 468 g/mol. The molecule has 0 aromatic heterocycles. The van der Waals surface area contributed by atoms with Crippen molar-refractivity contribution in [2.75, 3.05) is 26.8 Å². The van der Waals surface area contributed by atoms with Crippen LogP contribution >= 0.6 is 0 Å². The quantitative estimate of drug-likeness (QED) is 0.378. The number of benzene rings is 1. The summed E-state index contributed by atoms with van der Waals surface area (Å²) in [7, 11) is 1.61. The van der Waals surface area contributed by atoms with Gasteiger partial charge in [-0.05, 0) is 69.6 Å². The van der Waals surface area contributed by atoms with E-state index < -0.39 is 6.04 Å². The molecule has 6 heteroatoms. The molecule has 1 heterocycles. The number of carbonyl (C=O) groups is 2. The number of piperazine rings is 1. The summed E-state index contributed by atoms with van der Waals surface area (Å²) in [6.07, 6.45) is 14.5. The van der Waals surface area contributed by atoms with Gasteiger partial charge in [-0.15, -0.1) is 0 Å². The Balaban J connectivity index is 1.64. The predicted octanol–water partition coefficient (Wildman–Crippen LogP) is 5.42. The highest BCUT2D eigenvalue weighted by molar-refractivity contribution is 5.96. The fourth-order valence-corrected chi connectivity index (χ4v) is 5.73. The molecule has 1 saturated heterocycles. The molecule has 3 aliphatic rings. The van der Waals surface area contributed by atoms with Crippen molar-refractivity contribution in [1.29, 1.82) is 0 Å². The number of hydrogen-bond acceptors (Lipinski definition) is 4. The van der Waals surface area contributed by atoms with Gasteiger partial charge in [-0.1, -0.05) is 43.4 Å². The van der Waals surface area contributed by atoms with Crippen LogP contribution < -0.4 is 9.47 Å². The fraction of sp³-hybridized carbons (Fsp3) is 0.643. The number of allylic oxidation sites excluding steroid dienone is 1. The lowest BCUT2D eigenvalue weighted by molar-refractivity contribution is -0.158. The lowest BCUT2D eigenvalue weighted by Gasteiger charge is -2.44. The second kappa shape index (κ2) is 11.8. The molecule has 1 aromatic carbocycles. The second-order valence-electron chi connectivity index (χ2n) is 9.80. The predicted molar refractivity (Wildman–Crippen MR) is 133 cm³/mol. The van der Waals surface area contributed by atoms with E-state index in [2.05, 4.69) is 6.08 Å². The second-order valence-corrected chi connectivity index (χ2v) is 9.80. The van der Waals surface area contributed by atoms with E-state index in [1.165, 1.54) is 31.3 Å². The average molecular weight is 469 g/mol. The molecule has 1 aliphatic heterocycles. The van der Waals surface area contributed by atoms with Crippen molar-refractivity contribution < 1.29 is 19.1 Å². The van der Waals surface area contributed by atoms with Gasteiger partial charge >= 0.3 is 0 Å². The van der Waals surface area contributed by atoms with E-state index in [1.807, 2.05) is 34.9 Å². The Bertz CT molecular complexity index is 888. The van der Waals surface area contributed by atoms with E-state index in [0.717, 1.165) is 50.5 Å². The first-order valence-electron chi connectivity index (χ1n) is 13.2. The van der Waals surface area contributed by atoms with Crippen molar-refractivity contribution in [2.45, 2.75) is 89.6 Å². The van der Waals surface area contributed by atoms with Gasteiger partial charge in [-0.25, -0.2) is 0 Å². The summed E-state index contributed by atoms with van der Waals surface area (Å²) in [4.78, 5) is 31.2. The minimum Gasteiger partial charge on any atom is -0.493 e. The van der Waals surface area contributed by atoms with E-state index >= 15 is 0 Å². The molecule has 1 atom stereocenters. The topological polar surface area (TPSA) is 59.1 Å². The van der Waals surface area contributed by atoms with Crippen molar-refractivity contribution in [2.24, 2.45) is 0 Å². The van der Waals surface area contributed by atoms with Crippen LogP contribution in [0.4, 0.5) is 0 Å². The molecule has 0 spiro atoms. The molecule has 6 nitrogen and oxygen atoms in total. The zero-order valence-electron chi connectivity index (χ0n) is 20.9. The molecular formula is C28H40N2O4. The number of carbonyl (C=O) groups excluding carboxylic acids is 2. The highest BCUT2D eigenvalue weighted by Crippen LogP contribution is 2.37. The third-order valence-electron chi connectivity index (χ3n) is 7.58. The van der Waals surface area contributed by atoms with Gasteiger partial charge in [-0.2, -0.15) is 0 Å². The van der Waals surface area contributed by atoms with Crippen molar-refractivity contribution in [3.8, 4) is 11.5 Å². The van der Waals surface area contributed by atoms with E-state index in [9.17, 15) is 9.59 Å². The van der Waals surface area contributed by atoms with Crippen LogP contribution in [0.5, 0.6) is 11.5 Å². The normalized spacial score (nSPS) is 22.4. The van der Waals surface area contributed by atoms with Crippen molar-refractivity contribution in [3.05, 3.63) is 35.4 Å². The van der Waals surface area contributed by atoms with Crippen molar-refractivity contribution >= 4 is 11.8 Å². The Morgan fingerprint density at radius 2 is 1.79 bits per heavy atom. The average Bonchev–Trinajstić information content (AvgIpc) is 3.15. The van der Waals surface area contributed by atoms with E-state index in [0.29, 0.717) is 24.7 Å². The molecule has 0 radical (unpaired) electrons. The van der Waals surface area contributed by atoms with Gasteiger partial charge < -0.3 is 19.3 Å². The van der Waals surface area contributed by atoms with Gasteiger partial charge in [0.25, 0.3) is 5.91 Å². The number of ether oxygens (including phenoxy) is 2. The summed E-state index contributed by atoms with van der Waals surface area (Å²) < 4.78 is 11.3. The highest BCUT2D eigenvalue weighted by Gasteiger charge is 2.42. The number of amides is 2. The van der Waals surface area contributed by atoms with E-state index in [4.69, 9.17) is 9.47 Å². The number of rotatable bonds is 8. The largest absolute Gasteiger partial charge is 0.493 e. The molecule has 186 valence electrons. The molecule has 0 N–H and O–H groups in total. The third kappa shape index (κ3) is 5.59. The zero-order valence-corrected chi connectivity index (χ0v) is 20.9. The first kappa shape index (κ1) is 24.6. The van der Waals surface area contributed by atoms with Gasteiger partial charge in [0, 0.05) is 12.6 Å². The Morgan fingerprint density at radius 3 is 2.47 bits per heavy atom. The Morgan fingerprint density at radius 1 is 1.00 bits per heavy atom. The maximum Gasteiger partial charge on any atom is 0.250 e. The Kier molecular flexibility index (Phi) is 8.52. The fourth-order valence-electron chi connectivity index (χ4n) is 5.73. The number of methoxy groups -OCH3 is 1. The molecule has 34 heavy (non-hydrogen) atoms. The summed E-state index contributed by atoms with van der Waals surface area (Å²) in [5.41, 5.74) is 2.22. The molecule has 1 aromatic rings. The number of nitrogens with zero attached hydrogens (tertiary/aromatic N) is 2. The number of hydrogen-bond donors (Lipinski definition) is 0. The first-order valence-corrected chi connectivity index (χ1v) is 13.2. The maximum atomic E-state index is 14.0. The zero-order chi connectivity index (χ0) is 23.9. The standard InChI is InChI=1S/C28H40N2O4/c1-3-34-24-16-15-22(19-25(24)33-2)27-28(32)30(23-13-9-4-5-10-14-23)20-26(31)29(27)18-17-21-11-7-6-8-12-21/h11,15-16,19,23,27H,3-10,12-14,17-18,20H2,1-2H3/t27-/m1/s1. The highest BCUT2D eigenvalue weighted by atomic mass is 16.5. The lowest BCUT2D eigenvalue weighted by atomic mass is 9.94. The molecule has 2 fully saturated rings. The van der Waals surface area contributed by atoms with Crippen LogP contribution in [0, 0.1) is 0 Å². The molecular weight excluding hydrogens is 428 g/mol. The molecule has 0 bridgehead atoms. The maximum absolute atomic E-state index is 14.0. The van der Waals surface area contributed by atoms with Gasteiger partial charge in [-0.3, -0.25) is 9.59 Å². The van der Waals surface area contributed by atoms with Crippen LogP contribution in [0.25, 0.3) is 0 Å². The van der Waals surface area contributed by atoms with Gasteiger partial charge in [0.15, 0.2) is 11.5 Å². The minimum absolute atomic E-state index is 0.0512. The van der Waals surface area contributed by atoms with Crippen LogP contribution in [-0.2, 0) is 9.59 Å². The molecule has 4 rings (SSSR count). The van der Waals surface area contributed by atoms with Crippen molar-refractivity contribution in [1.82, 2.24) is 9.80 Å². The minimum atomic E-state index is -0.613. The van der Waals surface area contributed by atoms with Gasteiger partial charge in [0.1, 0.15) is 12.6 Å².